The average molecular weight is 356 g/mol. The smallest absolute Gasteiger partial charge is 0.262 e. The van der Waals surface area contributed by atoms with E-state index >= 15 is 0 Å². The zero-order valence-electron chi connectivity index (χ0n) is 15.1. The summed E-state index contributed by atoms with van der Waals surface area (Å²) in [6, 6.07) is 0.109. The van der Waals surface area contributed by atoms with Gasteiger partial charge < -0.3 is 15.5 Å². The van der Waals surface area contributed by atoms with E-state index in [4.69, 9.17) is 0 Å². The Morgan fingerprint density at radius 3 is 2.48 bits per heavy atom. The number of carbonyl (C=O) groups excluding carboxylic acids is 1. The Balaban J connectivity index is 1.31. The third-order valence-corrected chi connectivity index (χ3v) is 7.01. The number of amides is 1. The molecule has 142 valence electrons. The molecule has 0 bridgehead atoms. The molecule has 0 radical (unpaired) electrons. The van der Waals surface area contributed by atoms with Crippen molar-refractivity contribution in [3.63, 3.8) is 0 Å². The Morgan fingerprint density at radius 1 is 1.16 bits per heavy atom. The summed E-state index contributed by atoms with van der Waals surface area (Å²) in [7, 11) is 1.53. The summed E-state index contributed by atoms with van der Waals surface area (Å²) in [5.41, 5.74) is 0.544. The Labute approximate surface area is 148 Å². The predicted molar refractivity (Wildman–Crippen MR) is 91.7 cm³/mol. The molecule has 2 N–H and O–H groups in total. The third-order valence-electron chi connectivity index (χ3n) is 7.01. The first kappa shape index (κ1) is 17.6. The summed E-state index contributed by atoms with van der Waals surface area (Å²) in [5.74, 6) is -3.02. The van der Waals surface area contributed by atoms with E-state index in [0.717, 1.165) is 39.0 Å². The van der Waals surface area contributed by atoms with Gasteiger partial charge in [-0.15, -0.1) is 0 Å². The molecule has 25 heavy (non-hydrogen) atoms. The van der Waals surface area contributed by atoms with E-state index in [0.29, 0.717) is 11.5 Å². The number of carbonyl (C=O) groups is 1. The summed E-state index contributed by atoms with van der Waals surface area (Å²) in [6.07, 6.45) is 5.32. The molecule has 0 aromatic heterocycles. The molecule has 7 heteroatoms. The van der Waals surface area contributed by atoms with E-state index < -0.39 is 12.0 Å². The standard InChI is InChI=1S/C18H30F2N4O/c1-21-16(25)15-10-18(19,20)12-24(15)13-2-6-23(7-3-13)14-8-17(9-14)4-5-22-11-17/h13-15,22H,2-12H2,1H3,(H,21,25)/t14?,15-,17?/m1/s1. The van der Waals surface area contributed by atoms with Crippen molar-refractivity contribution >= 4 is 5.91 Å². The van der Waals surface area contributed by atoms with Gasteiger partial charge in [0, 0.05) is 32.1 Å². The summed E-state index contributed by atoms with van der Waals surface area (Å²) in [5, 5.41) is 6.03. The van der Waals surface area contributed by atoms with Gasteiger partial charge in [-0.3, -0.25) is 9.69 Å². The molecule has 4 fully saturated rings. The molecule has 0 aromatic rings. The lowest BCUT2D eigenvalue weighted by Gasteiger charge is -2.52. The zero-order chi connectivity index (χ0) is 17.7. The van der Waals surface area contributed by atoms with Gasteiger partial charge >= 0.3 is 0 Å². The second kappa shape index (κ2) is 6.43. The summed E-state index contributed by atoms with van der Waals surface area (Å²) in [6.45, 7) is 3.99. The van der Waals surface area contributed by atoms with Gasteiger partial charge in [-0.1, -0.05) is 0 Å². The van der Waals surface area contributed by atoms with Gasteiger partial charge in [0.25, 0.3) is 5.92 Å². The van der Waals surface area contributed by atoms with Crippen LogP contribution in [0.2, 0.25) is 0 Å². The maximum absolute atomic E-state index is 13.9. The summed E-state index contributed by atoms with van der Waals surface area (Å²) < 4.78 is 27.8. The first-order valence-electron chi connectivity index (χ1n) is 9.71. The van der Waals surface area contributed by atoms with Crippen molar-refractivity contribution in [1.29, 1.82) is 0 Å². The van der Waals surface area contributed by atoms with Gasteiger partial charge in [0.05, 0.1) is 12.6 Å². The van der Waals surface area contributed by atoms with Crippen molar-refractivity contribution < 1.29 is 13.6 Å². The molecule has 4 aliphatic rings. The molecule has 1 spiro atoms. The minimum atomic E-state index is -2.75. The Hall–Kier alpha value is -0.790. The molecule has 4 rings (SSSR count). The largest absolute Gasteiger partial charge is 0.358 e. The van der Waals surface area contributed by atoms with Gasteiger partial charge in [-0.05, 0) is 57.2 Å². The Bertz CT molecular complexity index is 507. The minimum Gasteiger partial charge on any atom is -0.358 e. The average Bonchev–Trinajstić information content (AvgIpc) is 3.17. The van der Waals surface area contributed by atoms with E-state index in [2.05, 4.69) is 15.5 Å². The fraction of sp³-hybridized carbons (Fsp3) is 0.944. The van der Waals surface area contributed by atoms with Crippen LogP contribution in [0.5, 0.6) is 0 Å². The Kier molecular flexibility index (Phi) is 4.53. The van der Waals surface area contributed by atoms with Crippen LogP contribution in [0.15, 0.2) is 0 Å². The van der Waals surface area contributed by atoms with Gasteiger partial charge in [-0.25, -0.2) is 8.78 Å². The van der Waals surface area contributed by atoms with E-state index in [1.165, 1.54) is 26.3 Å². The van der Waals surface area contributed by atoms with Crippen LogP contribution in [-0.4, -0.2) is 79.5 Å². The third kappa shape index (κ3) is 3.30. The van der Waals surface area contributed by atoms with Gasteiger partial charge in [0.1, 0.15) is 0 Å². The monoisotopic (exact) mass is 356 g/mol. The number of hydrogen-bond acceptors (Lipinski definition) is 4. The predicted octanol–water partition coefficient (Wildman–Crippen LogP) is 1.05. The van der Waals surface area contributed by atoms with Crippen molar-refractivity contribution in [3.8, 4) is 0 Å². The quantitative estimate of drug-likeness (QED) is 0.794. The normalized spacial score (nSPS) is 39.6. The Morgan fingerprint density at radius 2 is 1.88 bits per heavy atom. The minimum absolute atomic E-state index is 0.106. The van der Waals surface area contributed by atoms with Gasteiger partial charge in [-0.2, -0.15) is 0 Å². The number of likely N-dealkylation sites (N-methyl/N-ethyl adjacent to an activating group) is 1. The topological polar surface area (TPSA) is 47.6 Å². The molecule has 1 atom stereocenters. The van der Waals surface area contributed by atoms with Crippen LogP contribution in [-0.2, 0) is 4.79 Å². The van der Waals surface area contributed by atoms with E-state index in [9.17, 15) is 13.6 Å². The van der Waals surface area contributed by atoms with Crippen molar-refractivity contribution in [2.45, 2.75) is 62.6 Å². The number of nitrogens with zero attached hydrogens (tertiary/aromatic N) is 2. The lowest BCUT2D eigenvalue weighted by atomic mass is 9.64. The highest BCUT2D eigenvalue weighted by atomic mass is 19.3. The molecular formula is C18H30F2N4O. The maximum Gasteiger partial charge on any atom is 0.262 e. The lowest BCUT2D eigenvalue weighted by Crippen LogP contribution is -2.57. The van der Waals surface area contributed by atoms with E-state index in [1.807, 2.05) is 0 Å². The van der Waals surface area contributed by atoms with Crippen molar-refractivity contribution in [2.24, 2.45) is 5.41 Å². The number of piperidine rings is 1. The van der Waals surface area contributed by atoms with Gasteiger partial charge in [0.2, 0.25) is 5.91 Å². The van der Waals surface area contributed by atoms with Crippen LogP contribution in [0, 0.1) is 5.41 Å². The van der Waals surface area contributed by atoms with Crippen LogP contribution in [0.1, 0.15) is 38.5 Å². The van der Waals surface area contributed by atoms with E-state index in [-0.39, 0.29) is 24.9 Å². The van der Waals surface area contributed by atoms with Crippen molar-refractivity contribution in [1.82, 2.24) is 20.4 Å². The first-order chi connectivity index (χ1) is 11.9. The van der Waals surface area contributed by atoms with Gasteiger partial charge in [0.15, 0.2) is 0 Å². The highest BCUT2D eigenvalue weighted by molar-refractivity contribution is 5.82. The highest BCUT2D eigenvalue weighted by Crippen LogP contribution is 2.48. The summed E-state index contributed by atoms with van der Waals surface area (Å²) >= 11 is 0. The molecule has 3 heterocycles. The number of alkyl halides is 2. The molecular weight excluding hydrogens is 326 g/mol. The zero-order valence-corrected chi connectivity index (χ0v) is 15.1. The fourth-order valence-corrected chi connectivity index (χ4v) is 5.56. The molecule has 0 aromatic carbocycles. The molecule has 3 aliphatic heterocycles. The number of halogens is 2. The van der Waals surface area contributed by atoms with Crippen LogP contribution in [0.3, 0.4) is 0 Å². The second-order valence-electron chi connectivity index (χ2n) is 8.62. The van der Waals surface area contributed by atoms with Crippen LogP contribution >= 0.6 is 0 Å². The molecule has 0 unspecified atom stereocenters. The molecule has 3 saturated heterocycles. The second-order valence-corrected chi connectivity index (χ2v) is 8.62. The van der Waals surface area contributed by atoms with Crippen LogP contribution < -0.4 is 10.6 Å². The van der Waals surface area contributed by atoms with Crippen LogP contribution in [0.4, 0.5) is 8.78 Å². The SMILES string of the molecule is CNC(=O)[C@H]1CC(F)(F)CN1C1CCN(C2CC3(CCNC3)C2)CC1. The summed E-state index contributed by atoms with van der Waals surface area (Å²) in [4.78, 5) is 16.4. The number of nitrogens with one attached hydrogen (secondary N) is 2. The first-order valence-corrected chi connectivity index (χ1v) is 9.71. The van der Waals surface area contributed by atoms with Crippen LogP contribution in [0.25, 0.3) is 0 Å². The fourth-order valence-electron chi connectivity index (χ4n) is 5.56. The number of likely N-dealkylation sites (tertiary alicyclic amines) is 2. The molecule has 1 amide bonds. The van der Waals surface area contributed by atoms with Crippen molar-refractivity contribution in [2.75, 3.05) is 39.8 Å². The highest BCUT2D eigenvalue weighted by Gasteiger charge is 2.52. The molecule has 1 aliphatic carbocycles. The molecule has 5 nitrogen and oxygen atoms in total. The number of hydrogen-bond donors (Lipinski definition) is 2. The van der Waals surface area contributed by atoms with E-state index in [1.54, 1.807) is 4.90 Å². The van der Waals surface area contributed by atoms with Crippen molar-refractivity contribution in [3.05, 3.63) is 0 Å². The molecule has 1 saturated carbocycles. The maximum atomic E-state index is 13.9. The lowest BCUT2D eigenvalue weighted by molar-refractivity contribution is -0.126. The number of rotatable bonds is 3.